The van der Waals surface area contributed by atoms with Gasteiger partial charge in [-0.15, -0.1) is 10.2 Å². The molecule has 0 atom stereocenters. The molecule has 0 bridgehead atoms. The van der Waals surface area contributed by atoms with Crippen LogP contribution in [0.1, 0.15) is 25.7 Å². The van der Waals surface area contributed by atoms with Gasteiger partial charge in [-0.25, -0.2) is 0 Å². The van der Waals surface area contributed by atoms with Gasteiger partial charge in [0.15, 0.2) is 5.16 Å². The topological polar surface area (TPSA) is 68.0 Å². The Kier molecular flexibility index (Phi) is 2.68. The lowest BCUT2D eigenvalue weighted by atomic mass is 10.1. The van der Waals surface area contributed by atoms with Gasteiger partial charge in [-0.2, -0.15) is 0 Å². The summed E-state index contributed by atoms with van der Waals surface area (Å²) in [6.07, 6.45) is 5.00. The predicted molar refractivity (Wildman–Crippen MR) is 55.7 cm³/mol. The standard InChI is InChI=1S/C9H13N3O2S/c1-12-6-10-11-8(12)15-9(7(13)14)4-2-3-5-9/h6H,2-5H2,1H3,(H,13,14). The number of aryl methyl sites for hydroxylation is 1. The van der Waals surface area contributed by atoms with Crippen LogP contribution >= 0.6 is 11.8 Å². The van der Waals surface area contributed by atoms with Gasteiger partial charge in [0.25, 0.3) is 0 Å². The smallest absolute Gasteiger partial charge is 0.320 e. The number of rotatable bonds is 3. The maximum absolute atomic E-state index is 11.3. The lowest BCUT2D eigenvalue weighted by Crippen LogP contribution is -2.31. The van der Waals surface area contributed by atoms with Gasteiger partial charge < -0.3 is 9.67 Å². The highest BCUT2D eigenvalue weighted by Crippen LogP contribution is 2.44. The second-order valence-electron chi connectivity index (χ2n) is 3.83. The molecule has 0 unspecified atom stereocenters. The summed E-state index contributed by atoms with van der Waals surface area (Å²) in [4.78, 5) is 11.3. The summed E-state index contributed by atoms with van der Waals surface area (Å²) >= 11 is 1.33. The van der Waals surface area contributed by atoms with Gasteiger partial charge in [0.05, 0.1) is 0 Å². The molecule has 1 heterocycles. The van der Waals surface area contributed by atoms with Gasteiger partial charge >= 0.3 is 5.97 Å². The molecular weight excluding hydrogens is 214 g/mol. The van der Waals surface area contributed by atoms with Crippen LogP contribution in [0.25, 0.3) is 0 Å². The number of thioether (sulfide) groups is 1. The zero-order valence-electron chi connectivity index (χ0n) is 8.51. The van der Waals surface area contributed by atoms with Crippen molar-refractivity contribution in [3.63, 3.8) is 0 Å². The first kappa shape index (κ1) is 10.5. The van der Waals surface area contributed by atoms with Crippen LogP contribution in [-0.2, 0) is 11.8 Å². The third-order valence-electron chi connectivity index (χ3n) is 2.76. The van der Waals surface area contributed by atoms with Gasteiger partial charge in [0.2, 0.25) is 0 Å². The van der Waals surface area contributed by atoms with E-state index in [2.05, 4.69) is 10.2 Å². The minimum Gasteiger partial charge on any atom is -0.480 e. The van der Waals surface area contributed by atoms with E-state index >= 15 is 0 Å². The third-order valence-corrected chi connectivity index (χ3v) is 4.28. The molecule has 0 aromatic carbocycles. The minimum atomic E-state index is -0.729. The number of hydrogen-bond donors (Lipinski definition) is 1. The number of carbonyl (C=O) groups is 1. The van der Waals surface area contributed by atoms with Crippen LogP contribution in [0.4, 0.5) is 0 Å². The molecule has 82 valence electrons. The van der Waals surface area contributed by atoms with Gasteiger partial charge in [-0.3, -0.25) is 4.79 Å². The summed E-state index contributed by atoms with van der Waals surface area (Å²) in [6.45, 7) is 0. The van der Waals surface area contributed by atoms with E-state index in [1.54, 1.807) is 10.9 Å². The van der Waals surface area contributed by atoms with E-state index in [1.807, 2.05) is 7.05 Å². The second-order valence-corrected chi connectivity index (χ2v) is 5.18. The Morgan fingerprint density at radius 1 is 1.60 bits per heavy atom. The fourth-order valence-corrected chi connectivity index (χ4v) is 3.05. The van der Waals surface area contributed by atoms with Gasteiger partial charge in [0.1, 0.15) is 11.1 Å². The number of aromatic nitrogens is 3. The summed E-state index contributed by atoms with van der Waals surface area (Å²) in [6, 6.07) is 0. The normalized spacial score (nSPS) is 19.3. The molecule has 1 aliphatic rings. The molecule has 0 saturated heterocycles. The lowest BCUT2D eigenvalue weighted by molar-refractivity contribution is -0.139. The number of hydrogen-bond acceptors (Lipinski definition) is 4. The molecule has 6 heteroatoms. The van der Waals surface area contributed by atoms with Crippen molar-refractivity contribution in [3.8, 4) is 0 Å². The molecule has 1 aromatic heterocycles. The van der Waals surface area contributed by atoms with Crippen LogP contribution in [0, 0.1) is 0 Å². The summed E-state index contributed by atoms with van der Waals surface area (Å²) in [5.41, 5.74) is 0. The molecule has 15 heavy (non-hydrogen) atoms. The average Bonchev–Trinajstić information content (AvgIpc) is 2.78. The third kappa shape index (κ3) is 1.86. The first-order valence-corrected chi connectivity index (χ1v) is 5.72. The molecule has 0 spiro atoms. The van der Waals surface area contributed by atoms with E-state index in [0.29, 0.717) is 5.16 Å². The Hall–Kier alpha value is -1.04. The first-order chi connectivity index (χ1) is 7.14. The van der Waals surface area contributed by atoms with Crippen LogP contribution in [0.15, 0.2) is 11.5 Å². The highest BCUT2D eigenvalue weighted by molar-refractivity contribution is 8.01. The molecule has 1 aromatic rings. The van der Waals surface area contributed by atoms with E-state index in [9.17, 15) is 9.90 Å². The van der Waals surface area contributed by atoms with Crippen molar-refractivity contribution < 1.29 is 9.90 Å². The second kappa shape index (κ2) is 3.84. The molecule has 1 aliphatic carbocycles. The van der Waals surface area contributed by atoms with Gasteiger partial charge in [0, 0.05) is 7.05 Å². The lowest BCUT2D eigenvalue weighted by Gasteiger charge is -2.21. The summed E-state index contributed by atoms with van der Waals surface area (Å²) in [5, 5.41) is 17.6. The van der Waals surface area contributed by atoms with Crippen LogP contribution in [-0.4, -0.2) is 30.6 Å². The number of nitrogens with zero attached hydrogens (tertiary/aromatic N) is 3. The van der Waals surface area contributed by atoms with E-state index in [0.717, 1.165) is 25.7 Å². The Morgan fingerprint density at radius 3 is 2.73 bits per heavy atom. The molecule has 1 N–H and O–H groups in total. The average molecular weight is 227 g/mol. The van der Waals surface area contributed by atoms with Crippen LogP contribution in [0.5, 0.6) is 0 Å². The van der Waals surface area contributed by atoms with Gasteiger partial charge in [-0.05, 0) is 12.8 Å². The van der Waals surface area contributed by atoms with Crippen LogP contribution in [0.3, 0.4) is 0 Å². The summed E-state index contributed by atoms with van der Waals surface area (Å²) < 4.78 is 1.08. The summed E-state index contributed by atoms with van der Waals surface area (Å²) in [7, 11) is 1.83. The van der Waals surface area contributed by atoms with Crippen molar-refractivity contribution in [3.05, 3.63) is 6.33 Å². The molecule has 2 rings (SSSR count). The maximum atomic E-state index is 11.3. The summed E-state index contributed by atoms with van der Waals surface area (Å²) in [5.74, 6) is -0.729. The highest BCUT2D eigenvalue weighted by Gasteiger charge is 2.43. The van der Waals surface area contributed by atoms with Crippen LogP contribution in [0.2, 0.25) is 0 Å². The maximum Gasteiger partial charge on any atom is 0.320 e. The van der Waals surface area contributed by atoms with Crippen molar-refractivity contribution in [2.24, 2.45) is 7.05 Å². The Labute approximate surface area is 91.9 Å². The molecule has 1 fully saturated rings. The molecule has 0 radical (unpaired) electrons. The van der Waals surface area contributed by atoms with E-state index < -0.39 is 10.7 Å². The molecular formula is C9H13N3O2S. The fourth-order valence-electron chi connectivity index (χ4n) is 1.85. The zero-order chi connectivity index (χ0) is 10.9. The predicted octanol–water partition coefficient (Wildman–Crippen LogP) is 1.30. The van der Waals surface area contributed by atoms with Crippen molar-refractivity contribution in [2.75, 3.05) is 0 Å². The largest absolute Gasteiger partial charge is 0.480 e. The van der Waals surface area contributed by atoms with Crippen LogP contribution < -0.4 is 0 Å². The highest BCUT2D eigenvalue weighted by atomic mass is 32.2. The molecule has 0 amide bonds. The van der Waals surface area contributed by atoms with Crippen molar-refractivity contribution in [2.45, 2.75) is 35.6 Å². The van der Waals surface area contributed by atoms with Crippen molar-refractivity contribution in [1.82, 2.24) is 14.8 Å². The molecule has 0 aliphatic heterocycles. The van der Waals surface area contributed by atoms with Crippen molar-refractivity contribution >= 4 is 17.7 Å². The zero-order valence-corrected chi connectivity index (χ0v) is 9.33. The SMILES string of the molecule is Cn1cnnc1SC1(C(=O)O)CCCC1. The first-order valence-electron chi connectivity index (χ1n) is 4.90. The Bertz CT molecular complexity index is 371. The quantitative estimate of drug-likeness (QED) is 0.843. The monoisotopic (exact) mass is 227 g/mol. The Morgan fingerprint density at radius 2 is 2.27 bits per heavy atom. The Balaban J connectivity index is 2.21. The van der Waals surface area contributed by atoms with Crippen molar-refractivity contribution in [1.29, 1.82) is 0 Å². The van der Waals surface area contributed by atoms with E-state index in [1.165, 1.54) is 11.8 Å². The van der Waals surface area contributed by atoms with E-state index in [-0.39, 0.29) is 0 Å². The number of carboxylic acid groups (broad SMARTS) is 1. The number of carboxylic acids is 1. The fraction of sp³-hybridized carbons (Fsp3) is 0.667. The molecule has 1 saturated carbocycles. The van der Waals surface area contributed by atoms with E-state index in [4.69, 9.17) is 0 Å². The number of aliphatic carboxylic acids is 1. The van der Waals surface area contributed by atoms with Gasteiger partial charge in [-0.1, -0.05) is 24.6 Å². The molecule has 5 nitrogen and oxygen atoms in total. The minimum absolute atomic E-state index is 0.680.